The first-order valence-electron chi connectivity index (χ1n) is 9.79. The molecule has 142 valence electrons. The molecule has 2 aliphatic heterocycles. The molecule has 3 heterocycles. The van der Waals surface area contributed by atoms with E-state index >= 15 is 0 Å². The minimum Gasteiger partial charge on any atom is -0.354 e. The molecule has 4 rings (SSSR count). The molecule has 0 saturated carbocycles. The number of carbonyl (C=O) groups is 1. The number of carbonyl (C=O) groups excluding carboxylic acids is 1. The SMILES string of the molecule is CC(C)c1cc(N2CCN(CC(=O)N3CCc4ccccc43)CC2)ncn1. The Labute approximate surface area is 160 Å². The normalized spacial score (nSPS) is 17.4. The summed E-state index contributed by atoms with van der Waals surface area (Å²) in [6, 6.07) is 10.3. The summed E-state index contributed by atoms with van der Waals surface area (Å²) >= 11 is 0. The van der Waals surface area contributed by atoms with Gasteiger partial charge in [-0.1, -0.05) is 32.0 Å². The van der Waals surface area contributed by atoms with Crippen molar-refractivity contribution in [2.24, 2.45) is 0 Å². The predicted molar refractivity (Wildman–Crippen MR) is 107 cm³/mol. The number of piperazine rings is 1. The molecule has 1 aromatic heterocycles. The molecule has 0 N–H and O–H groups in total. The molecule has 2 aliphatic rings. The van der Waals surface area contributed by atoms with Crippen LogP contribution in [0, 0.1) is 0 Å². The Morgan fingerprint density at radius 3 is 2.63 bits per heavy atom. The number of benzene rings is 1. The van der Waals surface area contributed by atoms with Gasteiger partial charge in [-0.2, -0.15) is 0 Å². The van der Waals surface area contributed by atoms with Gasteiger partial charge in [-0.05, 0) is 24.0 Å². The van der Waals surface area contributed by atoms with Gasteiger partial charge in [0.1, 0.15) is 12.1 Å². The Kier molecular flexibility index (Phi) is 5.07. The molecule has 0 spiro atoms. The summed E-state index contributed by atoms with van der Waals surface area (Å²) in [5, 5.41) is 0. The van der Waals surface area contributed by atoms with Crippen LogP contribution >= 0.6 is 0 Å². The van der Waals surface area contributed by atoms with Crippen molar-refractivity contribution in [3.63, 3.8) is 0 Å². The van der Waals surface area contributed by atoms with Gasteiger partial charge in [0.05, 0.1) is 6.54 Å². The summed E-state index contributed by atoms with van der Waals surface area (Å²) in [5.74, 6) is 1.60. The number of anilines is 2. The fourth-order valence-corrected chi connectivity index (χ4v) is 3.86. The molecule has 2 aromatic rings. The number of fused-ring (bicyclic) bond motifs is 1. The second kappa shape index (κ2) is 7.64. The lowest BCUT2D eigenvalue weighted by molar-refractivity contribution is -0.119. The van der Waals surface area contributed by atoms with Crippen LogP contribution in [-0.4, -0.2) is 60.0 Å². The Bertz CT molecular complexity index is 814. The molecule has 6 heteroatoms. The van der Waals surface area contributed by atoms with Gasteiger partial charge < -0.3 is 9.80 Å². The van der Waals surface area contributed by atoms with Gasteiger partial charge in [0, 0.05) is 50.2 Å². The summed E-state index contributed by atoms with van der Waals surface area (Å²) in [7, 11) is 0. The van der Waals surface area contributed by atoms with E-state index in [1.807, 2.05) is 17.0 Å². The molecule has 0 aliphatic carbocycles. The number of rotatable bonds is 4. The second-order valence-corrected chi connectivity index (χ2v) is 7.64. The van der Waals surface area contributed by atoms with Gasteiger partial charge in [-0.3, -0.25) is 9.69 Å². The van der Waals surface area contributed by atoms with Crippen LogP contribution < -0.4 is 9.80 Å². The molecule has 0 bridgehead atoms. The van der Waals surface area contributed by atoms with Crippen LogP contribution in [0.15, 0.2) is 36.7 Å². The van der Waals surface area contributed by atoms with Gasteiger partial charge in [-0.25, -0.2) is 9.97 Å². The second-order valence-electron chi connectivity index (χ2n) is 7.64. The average Bonchev–Trinajstić information content (AvgIpc) is 3.13. The maximum atomic E-state index is 12.8. The van der Waals surface area contributed by atoms with Crippen molar-refractivity contribution in [3.8, 4) is 0 Å². The third-order valence-electron chi connectivity index (χ3n) is 5.51. The number of amides is 1. The molecule has 1 aromatic carbocycles. The minimum absolute atomic E-state index is 0.206. The first-order chi connectivity index (χ1) is 13.1. The highest BCUT2D eigenvalue weighted by Gasteiger charge is 2.27. The summed E-state index contributed by atoms with van der Waals surface area (Å²) in [4.78, 5) is 28.1. The van der Waals surface area contributed by atoms with Crippen LogP contribution in [0.5, 0.6) is 0 Å². The largest absolute Gasteiger partial charge is 0.354 e. The lowest BCUT2D eigenvalue weighted by Crippen LogP contribution is -2.50. The zero-order chi connectivity index (χ0) is 18.8. The van der Waals surface area contributed by atoms with Crippen molar-refractivity contribution in [1.82, 2.24) is 14.9 Å². The van der Waals surface area contributed by atoms with Crippen molar-refractivity contribution in [3.05, 3.63) is 47.9 Å². The molecule has 0 unspecified atom stereocenters. The van der Waals surface area contributed by atoms with Crippen molar-refractivity contribution in [2.45, 2.75) is 26.2 Å². The van der Waals surface area contributed by atoms with Crippen LogP contribution in [-0.2, 0) is 11.2 Å². The Morgan fingerprint density at radius 2 is 1.85 bits per heavy atom. The zero-order valence-electron chi connectivity index (χ0n) is 16.1. The van der Waals surface area contributed by atoms with E-state index in [4.69, 9.17) is 0 Å². The van der Waals surface area contributed by atoms with Gasteiger partial charge in [0.2, 0.25) is 5.91 Å². The molecule has 27 heavy (non-hydrogen) atoms. The number of hydrogen-bond acceptors (Lipinski definition) is 5. The number of para-hydroxylation sites is 1. The molecule has 0 atom stereocenters. The van der Waals surface area contributed by atoms with E-state index in [0.29, 0.717) is 12.5 Å². The van der Waals surface area contributed by atoms with E-state index in [0.717, 1.165) is 56.3 Å². The van der Waals surface area contributed by atoms with E-state index in [9.17, 15) is 4.79 Å². The van der Waals surface area contributed by atoms with Crippen molar-refractivity contribution < 1.29 is 4.79 Å². The van der Waals surface area contributed by atoms with Crippen LogP contribution in [0.1, 0.15) is 31.0 Å². The van der Waals surface area contributed by atoms with Crippen LogP contribution in [0.4, 0.5) is 11.5 Å². The average molecular weight is 365 g/mol. The van der Waals surface area contributed by atoms with Crippen LogP contribution in [0.3, 0.4) is 0 Å². The van der Waals surface area contributed by atoms with Gasteiger partial charge >= 0.3 is 0 Å². The zero-order valence-corrected chi connectivity index (χ0v) is 16.1. The summed E-state index contributed by atoms with van der Waals surface area (Å²) < 4.78 is 0. The molecule has 1 saturated heterocycles. The highest BCUT2D eigenvalue weighted by atomic mass is 16.2. The minimum atomic E-state index is 0.206. The topological polar surface area (TPSA) is 52.6 Å². The first-order valence-corrected chi connectivity index (χ1v) is 9.79. The first kappa shape index (κ1) is 17.9. The molecule has 1 amide bonds. The van der Waals surface area contributed by atoms with Crippen molar-refractivity contribution in [2.75, 3.05) is 49.1 Å². The molecular formula is C21H27N5O. The third-order valence-corrected chi connectivity index (χ3v) is 5.51. The Balaban J connectivity index is 1.34. The van der Waals surface area contributed by atoms with Crippen LogP contribution in [0.2, 0.25) is 0 Å². The standard InChI is InChI=1S/C21H27N5O/c1-16(2)18-13-20(23-15-22-18)25-11-9-24(10-12-25)14-21(27)26-8-7-17-5-3-4-6-19(17)26/h3-6,13,15-16H,7-12,14H2,1-2H3. The number of aromatic nitrogens is 2. The summed E-state index contributed by atoms with van der Waals surface area (Å²) in [5.41, 5.74) is 3.44. The smallest absolute Gasteiger partial charge is 0.241 e. The maximum absolute atomic E-state index is 12.8. The van der Waals surface area contributed by atoms with Crippen molar-refractivity contribution in [1.29, 1.82) is 0 Å². The van der Waals surface area contributed by atoms with Crippen LogP contribution in [0.25, 0.3) is 0 Å². The molecule has 6 nitrogen and oxygen atoms in total. The molecular weight excluding hydrogens is 338 g/mol. The molecule has 1 fully saturated rings. The van der Waals surface area contributed by atoms with E-state index in [1.165, 1.54) is 5.56 Å². The lowest BCUT2D eigenvalue weighted by Gasteiger charge is -2.35. The molecule has 0 radical (unpaired) electrons. The number of hydrogen-bond donors (Lipinski definition) is 0. The highest BCUT2D eigenvalue weighted by molar-refractivity contribution is 5.96. The number of nitrogens with zero attached hydrogens (tertiary/aromatic N) is 5. The summed E-state index contributed by atoms with van der Waals surface area (Å²) in [6.07, 6.45) is 2.62. The fourth-order valence-electron chi connectivity index (χ4n) is 3.86. The maximum Gasteiger partial charge on any atom is 0.241 e. The Hall–Kier alpha value is -2.47. The lowest BCUT2D eigenvalue weighted by atomic mass is 10.1. The van der Waals surface area contributed by atoms with E-state index < -0.39 is 0 Å². The third kappa shape index (κ3) is 3.81. The van der Waals surface area contributed by atoms with Gasteiger partial charge in [-0.15, -0.1) is 0 Å². The van der Waals surface area contributed by atoms with Gasteiger partial charge in [0.15, 0.2) is 0 Å². The summed E-state index contributed by atoms with van der Waals surface area (Å²) in [6.45, 7) is 9.11. The predicted octanol–water partition coefficient (Wildman–Crippen LogP) is 2.31. The monoisotopic (exact) mass is 365 g/mol. The fraction of sp³-hybridized carbons (Fsp3) is 0.476. The van der Waals surface area contributed by atoms with Gasteiger partial charge in [0.25, 0.3) is 0 Å². The quantitative estimate of drug-likeness (QED) is 0.832. The van der Waals surface area contributed by atoms with E-state index in [-0.39, 0.29) is 5.91 Å². The van der Waals surface area contributed by atoms with Crippen molar-refractivity contribution >= 4 is 17.4 Å². The van der Waals surface area contributed by atoms with E-state index in [2.05, 4.69) is 51.8 Å². The van der Waals surface area contributed by atoms with E-state index in [1.54, 1.807) is 6.33 Å². The highest BCUT2D eigenvalue weighted by Crippen LogP contribution is 2.27. The Morgan fingerprint density at radius 1 is 1.07 bits per heavy atom.